The third kappa shape index (κ3) is 5.89. The Labute approximate surface area is 159 Å². The molecule has 2 atom stereocenters. The second kappa shape index (κ2) is 9.28. The molecule has 27 heavy (non-hydrogen) atoms. The number of hydrogen-bond acceptors (Lipinski definition) is 4. The quantitative estimate of drug-likeness (QED) is 0.626. The van der Waals surface area contributed by atoms with Gasteiger partial charge in [-0.05, 0) is 36.5 Å². The van der Waals surface area contributed by atoms with Crippen LogP contribution in [0.15, 0.2) is 42.6 Å². The maximum atomic E-state index is 11.7. The molecule has 0 radical (unpaired) electrons. The molecule has 0 saturated heterocycles. The summed E-state index contributed by atoms with van der Waals surface area (Å²) in [5.41, 5.74) is 3.42. The van der Waals surface area contributed by atoms with E-state index in [1.807, 2.05) is 45.0 Å². The van der Waals surface area contributed by atoms with Crippen LogP contribution >= 0.6 is 0 Å². The molecule has 0 bridgehead atoms. The van der Waals surface area contributed by atoms with Crippen molar-refractivity contribution < 1.29 is 19.8 Å². The zero-order valence-electron chi connectivity index (χ0n) is 15.8. The van der Waals surface area contributed by atoms with Gasteiger partial charge in [0.25, 0.3) is 0 Å². The largest absolute Gasteiger partial charge is 0.481 e. The van der Waals surface area contributed by atoms with E-state index in [2.05, 4.69) is 10.3 Å². The lowest BCUT2D eigenvalue weighted by atomic mass is 9.96. The van der Waals surface area contributed by atoms with Crippen molar-refractivity contribution in [1.82, 2.24) is 10.3 Å². The number of hydrogen-bond donors (Lipinski definition) is 3. The number of aliphatic carboxylic acids is 2. The van der Waals surface area contributed by atoms with E-state index in [0.29, 0.717) is 12.0 Å². The molecule has 0 aliphatic heterocycles. The third-order valence-electron chi connectivity index (χ3n) is 4.39. The highest BCUT2D eigenvalue weighted by atomic mass is 16.4. The van der Waals surface area contributed by atoms with Crippen molar-refractivity contribution in [1.29, 1.82) is 0 Å². The lowest BCUT2D eigenvalue weighted by molar-refractivity contribution is -0.142. The molecule has 0 fully saturated rings. The Hall–Kier alpha value is -2.73. The summed E-state index contributed by atoms with van der Waals surface area (Å²) in [6.07, 6.45) is 2.23. The normalized spacial score (nSPS) is 13.3. The van der Waals surface area contributed by atoms with Gasteiger partial charge in [0.05, 0.1) is 11.6 Å². The molecule has 0 spiro atoms. The van der Waals surface area contributed by atoms with Crippen molar-refractivity contribution in [2.45, 2.75) is 39.2 Å². The molecule has 3 N–H and O–H groups in total. The van der Waals surface area contributed by atoms with E-state index in [0.717, 1.165) is 16.8 Å². The topological polar surface area (TPSA) is 99.5 Å². The molecule has 1 aromatic heterocycles. The number of carbonyl (C=O) groups is 2. The SMILES string of the molecule is Cc1ccc(-c2ccc(C(CNC(CC(C)C)C(=O)O)C(=O)O)cc2)nc1. The van der Waals surface area contributed by atoms with Gasteiger partial charge in [0.2, 0.25) is 0 Å². The molecule has 2 rings (SSSR count). The van der Waals surface area contributed by atoms with Crippen LogP contribution in [0.25, 0.3) is 11.3 Å². The van der Waals surface area contributed by atoms with Gasteiger partial charge in [-0.15, -0.1) is 0 Å². The highest BCUT2D eigenvalue weighted by Gasteiger charge is 2.24. The minimum absolute atomic E-state index is 0.0567. The van der Waals surface area contributed by atoms with Crippen LogP contribution in [0, 0.1) is 12.8 Å². The smallest absolute Gasteiger partial charge is 0.320 e. The fraction of sp³-hybridized carbons (Fsp3) is 0.381. The first-order valence-corrected chi connectivity index (χ1v) is 9.00. The number of nitrogens with one attached hydrogen (secondary N) is 1. The predicted octanol–water partition coefficient (Wildman–Crippen LogP) is 3.31. The lowest BCUT2D eigenvalue weighted by Gasteiger charge is -2.20. The summed E-state index contributed by atoms with van der Waals surface area (Å²) in [6.45, 7) is 5.89. The molecular weight excluding hydrogens is 344 g/mol. The van der Waals surface area contributed by atoms with Crippen LogP contribution in [0.5, 0.6) is 0 Å². The van der Waals surface area contributed by atoms with E-state index < -0.39 is 23.9 Å². The number of carboxylic acids is 2. The van der Waals surface area contributed by atoms with Crippen LogP contribution in [-0.4, -0.2) is 39.7 Å². The van der Waals surface area contributed by atoms with E-state index in [9.17, 15) is 19.8 Å². The van der Waals surface area contributed by atoms with E-state index in [4.69, 9.17) is 0 Å². The molecule has 0 amide bonds. The van der Waals surface area contributed by atoms with Gasteiger partial charge in [0.1, 0.15) is 6.04 Å². The predicted molar refractivity (Wildman–Crippen MR) is 104 cm³/mol. The number of pyridine rings is 1. The first-order valence-electron chi connectivity index (χ1n) is 9.00. The molecule has 0 aliphatic carbocycles. The van der Waals surface area contributed by atoms with E-state index in [1.54, 1.807) is 18.3 Å². The Morgan fingerprint density at radius 1 is 1.04 bits per heavy atom. The Bertz CT molecular complexity index is 770. The van der Waals surface area contributed by atoms with Crippen molar-refractivity contribution in [3.63, 3.8) is 0 Å². The van der Waals surface area contributed by atoms with Crippen LogP contribution < -0.4 is 5.32 Å². The summed E-state index contributed by atoms with van der Waals surface area (Å²) in [7, 11) is 0. The van der Waals surface area contributed by atoms with Crippen LogP contribution in [0.3, 0.4) is 0 Å². The monoisotopic (exact) mass is 370 g/mol. The van der Waals surface area contributed by atoms with Gasteiger partial charge in [-0.1, -0.05) is 44.2 Å². The molecule has 2 aromatic rings. The standard InChI is InChI=1S/C21H26N2O4/c1-13(2)10-19(21(26)27)23-12-17(20(24)25)15-5-7-16(8-6-15)18-9-4-14(3)11-22-18/h4-9,11,13,17,19,23H,10,12H2,1-3H3,(H,24,25)(H,26,27). The van der Waals surface area contributed by atoms with Crippen molar-refractivity contribution >= 4 is 11.9 Å². The van der Waals surface area contributed by atoms with Crippen molar-refractivity contribution in [3.05, 3.63) is 53.7 Å². The van der Waals surface area contributed by atoms with Crippen LogP contribution in [0.2, 0.25) is 0 Å². The molecule has 0 aliphatic rings. The highest BCUT2D eigenvalue weighted by molar-refractivity contribution is 5.77. The van der Waals surface area contributed by atoms with Gasteiger partial charge in [-0.2, -0.15) is 0 Å². The summed E-state index contributed by atoms with van der Waals surface area (Å²) in [5.74, 6) is -2.58. The number of benzene rings is 1. The van der Waals surface area contributed by atoms with Gasteiger partial charge in [-0.3, -0.25) is 14.6 Å². The summed E-state index contributed by atoms with van der Waals surface area (Å²) in [5, 5.41) is 21.8. The van der Waals surface area contributed by atoms with Gasteiger partial charge in [0, 0.05) is 18.3 Å². The number of aryl methyl sites for hydroxylation is 1. The second-order valence-corrected chi connectivity index (χ2v) is 7.16. The Morgan fingerprint density at radius 2 is 1.70 bits per heavy atom. The number of rotatable bonds is 9. The summed E-state index contributed by atoms with van der Waals surface area (Å²) >= 11 is 0. The van der Waals surface area contributed by atoms with Gasteiger partial charge < -0.3 is 15.5 Å². The number of carboxylic acid groups (broad SMARTS) is 2. The Morgan fingerprint density at radius 3 is 2.19 bits per heavy atom. The number of nitrogens with zero attached hydrogens (tertiary/aromatic N) is 1. The van der Waals surface area contributed by atoms with Crippen molar-refractivity contribution in [3.8, 4) is 11.3 Å². The van der Waals surface area contributed by atoms with Gasteiger partial charge in [0.15, 0.2) is 0 Å². The average molecular weight is 370 g/mol. The van der Waals surface area contributed by atoms with Crippen LogP contribution in [0.4, 0.5) is 0 Å². The van der Waals surface area contributed by atoms with E-state index in [1.165, 1.54) is 0 Å². The van der Waals surface area contributed by atoms with Crippen LogP contribution in [-0.2, 0) is 9.59 Å². The fourth-order valence-corrected chi connectivity index (χ4v) is 2.88. The first kappa shape index (κ1) is 20.6. The Balaban J connectivity index is 2.13. The minimum atomic E-state index is -0.989. The minimum Gasteiger partial charge on any atom is -0.481 e. The molecule has 144 valence electrons. The van der Waals surface area contributed by atoms with E-state index >= 15 is 0 Å². The zero-order valence-corrected chi connectivity index (χ0v) is 15.8. The summed E-state index contributed by atoms with van der Waals surface area (Å²) in [4.78, 5) is 27.4. The molecule has 6 heteroatoms. The molecule has 1 aromatic carbocycles. The molecule has 6 nitrogen and oxygen atoms in total. The van der Waals surface area contributed by atoms with Gasteiger partial charge >= 0.3 is 11.9 Å². The molecule has 1 heterocycles. The first-order chi connectivity index (χ1) is 12.8. The lowest BCUT2D eigenvalue weighted by Crippen LogP contribution is -2.41. The van der Waals surface area contributed by atoms with Crippen LogP contribution in [0.1, 0.15) is 37.3 Å². The summed E-state index contributed by atoms with van der Waals surface area (Å²) < 4.78 is 0. The zero-order chi connectivity index (χ0) is 20.0. The maximum Gasteiger partial charge on any atom is 0.320 e. The Kier molecular flexibility index (Phi) is 7.07. The average Bonchev–Trinajstić information content (AvgIpc) is 2.61. The number of aromatic nitrogens is 1. The third-order valence-corrected chi connectivity index (χ3v) is 4.39. The van der Waals surface area contributed by atoms with Gasteiger partial charge in [-0.25, -0.2) is 0 Å². The summed E-state index contributed by atoms with van der Waals surface area (Å²) in [6, 6.07) is 10.3. The highest BCUT2D eigenvalue weighted by Crippen LogP contribution is 2.22. The second-order valence-electron chi connectivity index (χ2n) is 7.16. The fourth-order valence-electron chi connectivity index (χ4n) is 2.88. The van der Waals surface area contributed by atoms with Crippen molar-refractivity contribution in [2.24, 2.45) is 5.92 Å². The molecule has 2 unspecified atom stereocenters. The molecule has 0 saturated carbocycles. The van der Waals surface area contributed by atoms with E-state index in [-0.39, 0.29) is 12.5 Å². The molecular formula is C21H26N2O4. The maximum absolute atomic E-state index is 11.7. The van der Waals surface area contributed by atoms with Crippen molar-refractivity contribution in [2.75, 3.05) is 6.54 Å².